The van der Waals surface area contributed by atoms with Crippen LogP contribution >= 0.6 is 0 Å². The van der Waals surface area contributed by atoms with E-state index in [0.717, 1.165) is 30.1 Å². The molecule has 7 unspecified atom stereocenters. The third kappa shape index (κ3) is 1.13. The predicted molar refractivity (Wildman–Crippen MR) is 81.2 cm³/mol. The molecule has 2 saturated carbocycles. The average Bonchev–Trinajstić information content (AvgIpc) is 3.19. The summed E-state index contributed by atoms with van der Waals surface area (Å²) in [6, 6.07) is 0. The number of hydrogen-bond acceptors (Lipinski definition) is 1. The Morgan fingerprint density at radius 3 is 2.29 bits per heavy atom. The van der Waals surface area contributed by atoms with E-state index < -0.39 is 0 Å². The molecule has 0 saturated heterocycles. The molecule has 0 amide bonds. The largest absolute Gasteiger partial charge is 0.300 e. The molecule has 0 spiro atoms. The summed E-state index contributed by atoms with van der Waals surface area (Å²) in [5, 5.41) is 0. The number of rotatable bonds is 1. The third-order valence-electron chi connectivity index (χ3n) is 7.34. The summed E-state index contributed by atoms with van der Waals surface area (Å²) < 4.78 is 0. The van der Waals surface area contributed by atoms with Gasteiger partial charge in [0.1, 0.15) is 5.78 Å². The lowest BCUT2D eigenvalue weighted by molar-refractivity contribution is -0.125. The maximum Gasteiger partial charge on any atom is 0.133 e. The molecule has 0 aromatic carbocycles. The van der Waals surface area contributed by atoms with Gasteiger partial charge < -0.3 is 0 Å². The minimum atomic E-state index is 0.290. The fraction of sp³-hybridized carbons (Fsp3) is 0.550. The summed E-state index contributed by atoms with van der Waals surface area (Å²) in [5.41, 5.74) is 3.56. The maximum atomic E-state index is 12.0. The van der Waals surface area contributed by atoms with E-state index in [1.54, 1.807) is 12.5 Å². The van der Waals surface area contributed by atoms with E-state index in [-0.39, 0.29) is 0 Å². The van der Waals surface area contributed by atoms with E-state index in [4.69, 9.17) is 0 Å². The Kier molecular flexibility index (Phi) is 1.79. The van der Waals surface area contributed by atoms with Crippen LogP contribution in [0.25, 0.3) is 0 Å². The zero-order chi connectivity index (χ0) is 13.9. The van der Waals surface area contributed by atoms with Gasteiger partial charge in [0.15, 0.2) is 0 Å². The molecule has 8 aliphatic carbocycles. The molecule has 1 nitrogen and oxygen atoms in total. The zero-order valence-corrected chi connectivity index (χ0v) is 12.3. The fourth-order valence-corrected chi connectivity index (χ4v) is 6.49. The fourth-order valence-electron chi connectivity index (χ4n) is 6.49. The first-order valence-corrected chi connectivity index (χ1v) is 8.55. The van der Waals surface area contributed by atoms with Crippen molar-refractivity contribution in [1.29, 1.82) is 0 Å². The number of ketones is 1. The Hall–Kier alpha value is -1.37. The van der Waals surface area contributed by atoms with Crippen LogP contribution in [0.3, 0.4) is 0 Å². The highest BCUT2D eigenvalue weighted by Crippen LogP contribution is 2.71. The first-order chi connectivity index (χ1) is 10.3. The van der Waals surface area contributed by atoms with Crippen molar-refractivity contribution in [3.63, 3.8) is 0 Å². The summed E-state index contributed by atoms with van der Waals surface area (Å²) in [4.78, 5) is 12.0. The lowest BCUT2D eigenvalue weighted by Crippen LogP contribution is -2.52. The normalized spacial score (nSPS) is 56.5. The van der Waals surface area contributed by atoms with Crippen molar-refractivity contribution in [2.45, 2.75) is 13.3 Å². The Morgan fingerprint density at radius 2 is 1.57 bits per heavy atom. The Bertz CT molecular complexity index is 671. The Balaban J connectivity index is 1.50. The second-order valence-electron chi connectivity index (χ2n) is 8.02. The second-order valence-corrected chi connectivity index (χ2v) is 8.02. The third-order valence-corrected chi connectivity index (χ3v) is 7.34. The summed E-state index contributed by atoms with van der Waals surface area (Å²) >= 11 is 0. The Morgan fingerprint density at radius 1 is 0.857 bits per heavy atom. The quantitative estimate of drug-likeness (QED) is 0.669. The molecule has 0 aromatic heterocycles. The molecule has 6 bridgehead atoms. The van der Waals surface area contributed by atoms with Crippen molar-refractivity contribution in [3.05, 3.63) is 47.6 Å². The molecule has 0 aromatic rings. The van der Waals surface area contributed by atoms with Crippen LogP contribution in [0.15, 0.2) is 47.6 Å². The molecule has 1 heteroatoms. The molecule has 0 radical (unpaired) electrons. The van der Waals surface area contributed by atoms with E-state index in [9.17, 15) is 4.79 Å². The number of allylic oxidation sites excluding steroid dienone is 8. The molecule has 106 valence electrons. The molecule has 0 N–H and O–H groups in total. The van der Waals surface area contributed by atoms with Gasteiger partial charge in [-0.2, -0.15) is 0 Å². The standard InChI is InChI=1S/C20H20O/c1-9(21)15-8-11-4-7-14(15)19-16-10-2-5-12-13(6-3-10)18(12)20(16)17(11)19/h2-7,10-15,17-19H,8H2,1H3. The van der Waals surface area contributed by atoms with Crippen LogP contribution in [0.5, 0.6) is 0 Å². The summed E-state index contributed by atoms with van der Waals surface area (Å²) in [7, 11) is 0. The molecular formula is C20H20O. The van der Waals surface area contributed by atoms with Crippen LogP contribution in [-0.4, -0.2) is 5.78 Å². The van der Waals surface area contributed by atoms with Crippen LogP contribution in [0, 0.1) is 53.3 Å². The van der Waals surface area contributed by atoms with Crippen molar-refractivity contribution in [3.8, 4) is 0 Å². The smallest absolute Gasteiger partial charge is 0.133 e. The van der Waals surface area contributed by atoms with E-state index >= 15 is 0 Å². The van der Waals surface area contributed by atoms with Crippen molar-refractivity contribution >= 4 is 5.78 Å². The SMILES string of the molecule is CC(=O)C1CC2C=CC1C1C3=C(C4C5C=CC3C=CC54)C21. The maximum absolute atomic E-state index is 12.0. The number of fused-ring (bicyclic) bond motifs is 1. The van der Waals surface area contributed by atoms with Crippen LogP contribution in [0.4, 0.5) is 0 Å². The van der Waals surface area contributed by atoms with Crippen molar-refractivity contribution in [1.82, 2.24) is 0 Å². The molecule has 8 rings (SSSR count). The minimum Gasteiger partial charge on any atom is -0.300 e. The zero-order valence-electron chi connectivity index (χ0n) is 12.3. The highest BCUT2D eigenvalue weighted by molar-refractivity contribution is 5.80. The molecule has 0 heterocycles. The number of carbonyl (C=O) groups excluding carboxylic acids is 1. The monoisotopic (exact) mass is 276 g/mol. The van der Waals surface area contributed by atoms with Crippen LogP contribution in [0.1, 0.15) is 13.3 Å². The van der Waals surface area contributed by atoms with E-state index in [2.05, 4.69) is 36.5 Å². The van der Waals surface area contributed by atoms with Gasteiger partial charge >= 0.3 is 0 Å². The van der Waals surface area contributed by atoms with Gasteiger partial charge in [0.2, 0.25) is 0 Å². The van der Waals surface area contributed by atoms with Gasteiger partial charge in [-0.3, -0.25) is 4.79 Å². The highest BCUT2D eigenvalue weighted by Gasteiger charge is 2.64. The lowest BCUT2D eigenvalue weighted by Gasteiger charge is -2.58. The summed E-state index contributed by atoms with van der Waals surface area (Å²) in [6.45, 7) is 1.80. The topological polar surface area (TPSA) is 17.1 Å². The van der Waals surface area contributed by atoms with Crippen LogP contribution < -0.4 is 0 Å². The van der Waals surface area contributed by atoms with Gasteiger partial charge in [0.25, 0.3) is 0 Å². The van der Waals surface area contributed by atoms with Gasteiger partial charge in [0, 0.05) is 11.8 Å². The van der Waals surface area contributed by atoms with Gasteiger partial charge in [-0.15, -0.1) is 0 Å². The van der Waals surface area contributed by atoms with Crippen molar-refractivity contribution in [2.75, 3.05) is 0 Å². The second kappa shape index (κ2) is 3.34. The van der Waals surface area contributed by atoms with Crippen LogP contribution in [-0.2, 0) is 4.79 Å². The highest BCUT2D eigenvalue weighted by atomic mass is 16.1. The average molecular weight is 276 g/mol. The van der Waals surface area contributed by atoms with Crippen LogP contribution in [0.2, 0.25) is 0 Å². The van der Waals surface area contributed by atoms with Gasteiger partial charge in [-0.25, -0.2) is 0 Å². The molecule has 8 aliphatic rings. The molecule has 0 aliphatic heterocycles. The molecule has 2 fully saturated rings. The minimum absolute atomic E-state index is 0.290. The molecule has 21 heavy (non-hydrogen) atoms. The van der Waals surface area contributed by atoms with Gasteiger partial charge in [-0.1, -0.05) is 47.6 Å². The Labute approximate surface area is 125 Å². The molecular weight excluding hydrogens is 256 g/mol. The van der Waals surface area contributed by atoms with Crippen molar-refractivity contribution in [2.24, 2.45) is 53.3 Å². The van der Waals surface area contributed by atoms with Gasteiger partial charge in [0.05, 0.1) is 0 Å². The van der Waals surface area contributed by atoms with Crippen molar-refractivity contribution < 1.29 is 4.79 Å². The summed E-state index contributed by atoms with van der Waals surface area (Å²) in [5.74, 6) is 6.26. The first kappa shape index (κ1) is 11.2. The number of Topliss-reactive ketones (excluding diaryl/α,β-unsaturated/α-hetero) is 1. The van der Waals surface area contributed by atoms with E-state index in [0.29, 0.717) is 35.4 Å². The lowest BCUT2D eigenvalue weighted by atomic mass is 9.45. The van der Waals surface area contributed by atoms with E-state index in [1.807, 2.05) is 5.57 Å². The summed E-state index contributed by atoms with van der Waals surface area (Å²) in [6.07, 6.45) is 15.8. The number of hydrogen-bond donors (Lipinski definition) is 0. The first-order valence-electron chi connectivity index (χ1n) is 8.55. The van der Waals surface area contributed by atoms with E-state index in [1.165, 1.54) is 0 Å². The van der Waals surface area contributed by atoms with Gasteiger partial charge in [-0.05, 0) is 54.8 Å². The predicted octanol–water partition coefficient (Wildman–Crippen LogP) is 3.56. The molecule has 7 atom stereocenters. The number of carbonyl (C=O) groups is 1.